The van der Waals surface area contributed by atoms with Crippen LogP contribution in [0.5, 0.6) is 5.75 Å². The number of carbonyl (C=O) groups is 2. The first-order valence-electron chi connectivity index (χ1n) is 8.41. The number of amides is 2. The highest BCUT2D eigenvalue weighted by Crippen LogP contribution is 2.25. The SMILES string of the molecule is CCOc1ccc(N2C(=O)C[C@H](NCCc3ccncc3)C2=O)cc1. The summed E-state index contributed by atoms with van der Waals surface area (Å²) in [5.74, 6) is 0.330. The van der Waals surface area contributed by atoms with E-state index in [-0.39, 0.29) is 18.2 Å². The first kappa shape index (κ1) is 17.1. The fraction of sp³-hybridized carbons (Fsp3) is 0.316. The van der Waals surface area contributed by atoms with Crippen molar-refractivity contribution in [2.45, 2.75) is 25.8 Å². The third-order valence-electron chi connectivity index (χ3n) is 4.11. The smallest absolute Gasteiger partial charge is 0.251 e. The van der Waals surface area contributed by atoms with Crippen LogP contribution in [-0.4, -0.2) is 36.0 Å². The molecule has 0 saturated carbocycles. The summed E-state index contributed by atoms with van der Waals surface area (Å²) in [4.78, 5) is 30.1. The molecule has 0 spiro atoms. The number of nitrogens with zero attached hydrogens (tertiary/aromatic N) is 2. The number of ether oxygens (including phenoxy) is 1. The molecule has 6 heteroatoms. The second-order valence-electron chi connectivity index (χ2n) is 5.81. The number of carbonyl (C=O) groups excluding carboxylic acids is 2. The van der Waals surface area contributed by atoms with Crippen LogP contribution in [0.4, 0.5) is 5.69 Å². The Kier molecular flexibility index (Phi) is 5.40. The topological polar surface area (TPSA) is 71.5 Å². The summed E-state index contributed by atoms with van der Waals surface area (Å²) in [6.07, 6.45) is 4.45. The number of rotatable bonds is 7. The molecule has 2 aromatic rings. The molecule has 2 amide bonds. The largest absolute Gasteiger partial charge is 0.494 e. The van der Waals surface area contributed by atoms with E-state index >= 15 is 0 Å². The van der Waals surface area contributed by atoms with Gasteiger partial charge in [-0.05, 0) is 61.9 Å². The van der Waals surface area contributed by atoms with Crippen LogP contribution in [0.1, 0.15) is 18.9 Å². The van der Waals surface area contributed by atoms with E-state index in [0.717, 1.165) is 17.7 Å². The summed E-state index contributed by atoms with van der Waals surface area (Å²) in [6.45, 7) is 3.11. The fourth-order valence-electron chi connectivity index (χ4n) is 2.86. The average molecular weight is 339 g/mol. The second kappa shape index (κ2) is 7.90. The number of anilines is 1. The molecule has 1 aliphatic rings. The number of pyridine rings is 1. The van der Waals surface area contributed by atoms with Gasteiger partial charge in [0.05, 0.1) is 24.8 Å². The molecule has 0 radical (unpaired) electrons. The summed E-state index contributed by atoms with van der Waals surface area (Å²) >= 11 is 0. The number of aromatic nitrogens is 1. The van der Waals surface area contributed by atoms with E-state index in [4.69, 9.17) is 4.74 Å². The van der Waals surface area contributed by atoms with Gasteiger partial charge in [-0.3, -0.25) is 14.6 Å². The summed E-state index contributed by atoms with van der Waals surface area (Å²) in [6, 6.07) is 10.4. The Labute approximate surface area is 146 Å². The van der Waals surface area contributed by atoms with Crippen molar-refractivity contribution in [2.24, 2.45) is 0 Å². The van der Waals surface area contributed by atoms with Crippen LogP contribution >= 0.6 is 0 Å². The van der Waals surface area contributed by atoms with E-state index in [1.807, 2.05) is 19.1 Å². The second-order valence-corrected chi connectivity index (χ2v) is 5.81. The van der Waals surface area contributed by atoms with E-state index in [0.29, 0.717) is 18.8 Å². The van der Waals surface area contributed by atoms with Gasteiger partial charge in [0.15, 0.2) is 0 Å². The Hall–Kier alpha value is -2.73. The minimum absolute atomic E-state index is 0.183. The standard InChI is InChI=1S/C19H21N3O3/c1-2-25-16-5-3-15(4-6-16)22-18(23)13-17(19(22)24)21-12-9-14-7-10-20-11-8-14/h3-8,10-11,17,21H,2,9,12-13H2,1H3/t17-/m0/s1. The predicted octanol–water partition coefficient (Wildman–Crippen LogP) is 1.94. The molecule has 6 nitrogen and oxygen atoms in total. The van der Waals surface area contributed by atoms with Gasteiger partial charge in [-0.1, -0.05) is 0 Å². The van der Waals surface area contributed by atoms with Gasteiger partial charge in [0, 0.05) is 12.4 Å². The van der Waals surface area contributed by atoms with E-state index in [2.05, 4.69) is 10.3 Å². The van der Waals surface area contributed by atoms with Crippen molar-refractivity contribution in [1.29, 1.82) is 0 Å². The number of hydrogen-bond donors (Lipinski definition) is 1. The fourth-order valence-corrected chi connectivity index (χ4v) is 2.86. The molecule has 1 saturated heterocycles. The lowest BCUT2D eigenvalue weighted by molar-refractivity contribution is -0.121. The van der Waals surface area contributed by atoms with Gasteiger partial charge in [-0.25, -0.2) is 4.90 Å². The molecular formula is C19H21N3O3. The average Bonchev–Trinajstić information content (AvgIpc) is 2.91. The summed E-state index contributed by atoms with van der Waals surface area (Å²) in [5, 5.41) is 3.18. The van der Waals surface area contributed by atoms with Gasteiger partial charge in [-0.2, -0.15) is 0 Å². The van der Waals surface area contributed by atoms with Gasteiger partial charge in [0.1, 0.15) is 5.75 Å². The monoisotopic (exact) mass is 339 g/mol. The highest BCUT2D eigenvalue weighted by Gasteiger charge is 2.39. The third kappa shape index (κ3) is 4.03. The molecule has 0 unspecified atom stereocenters. The van der Waals surface area contributed by atoms with Crippen molar-refractivity contribution in [3.8, 4) is 5.75 Å². The minimum Gasteiger partial charge on any atom is -0.494 e. The Balaban J connectivity index is 1.59. The molecule has 1 N–H and O–H groups in total. The Bertz CT molecular complexity index is 731. The molecule has 0 bridgehead atoms. The zero-order valence-corrected chi connectivity index (χ0v) is 14.1. The minimum atomic E-state index is -0.471. The molecule has 1 aromatic heterocycles. The maximum absolute atomic E-state index is 12.6. The lowest BCUT2D eigenvalue weighted by Gasteiger charge is -2.16. The number of nitrogens with one attached hydrogen (secondary N) is 1. The molecule has 0 aliphatic carbocycles. The Morgan fingerprint density at radius 1 is 1.16 bits per heavy atom. The van der Waals surface area contributed by atoms with Crippen LogP contribution in [0.25, 0.3) is 0 Å². The molecule has 130 valence electrons. The lowest BCUT2D eigenvalue weighted by Crippen LogP contribution is -2.39. The zero-order valence-electron chi connectivity index (χ0n) is 14.1. The Morgan fingerprint density at radius 2 is 1.88 bits per heavy atom. The molecule has 1 aliphatic heterocycles. The molecule has 1 atom stereocenters. The summed E-state index contributed by atoms with van der Waals surface area (Å²) < 4.78 is 5.39. The molecule has 1 fully saturated rings. The maximum Gasteiger partial charge on any atom is 0.251 e. The quantitative estimate of drug-likeness (QED) is 0.781. The van der Waals surface area contributed by atoms with Crippen LogP contribution in [0.3, 0.4) is 0 Å². The van der Waals surface area contributed by atoms with Crippen LogP contribution in [0, 0.1) is 0 Å². The molecular weight excluding hydrogens is 318 g/mol. The van der Waals surface area contributed by atoms with Gasteiger partial charge < -0.3 is 10.1 Å². The van der Waals surface area contributed by atoms with Crippen molar-refractivity contribution >= 4 is 17.5 Å². The highest BCUT2D eigenvalue weighted by molar-refractivity contribution is 6.22. The van der Waals surface area contributed by atoms with E-state index in [9.17, 15) is 9.59 Å². The summed E-state index contributed by atoms with van der Waals surface area (Å²) in [7, 11) is 0. The van der Waals surface area contributed by atoms with Crippen LogP contribution in [-0.2, 0) is 16.0 Å². The third-order valence-corrected chi connectivity index (χ3v) is 4.11. The van der Waals surface area contributed by atoms with E-state index in [1.165, 1.54) is 4.90 Å². The highest BCUT2D eigenvalue weighted by atomic mass is 16.5. The van der Waals surface area contributed by atoms with Crippen LogP contribution in [0.2, 0.25) is 0 Å². The molecule has 3 rings (SSSR count). The van der Waals surface area contributed by atoms with Gasteiger partial charge in [-0.15, -0.1) is 0 Å². The van der Waals surface area contributed by atoms with Crippen molar-refractivity contribution in [3.63, 3.8) is 0 Å². The molecule has 2 heterocycles. The van der Waals surface area contributed by atoms with Crippen LogP contribution in [0.15, 0.2) is 48.8 Å². The Morgan fingerprint density at radius 3 is 2.56 bits per heavy atom. The van der Waals surface area contributed by atoms with Crippen molar-refractivity contribution in [2.75, 3.05) is 18.1 Å². The predicted molar refractivity (Wildman–Crippen MR) is 94.5 cm³/mol. The molecule has 25 heavy (non-hydrogen) atoms. The maximum atomic E-state index is 12.6. The van der Waals surface area contributed by atoms with Gasteiger partial charge >= 0.3 is 0 Å². The van der Waals surface area contributed by atoms with Crippen molar-refractivity contribution in [3.05, 3.63) is 54.4 Å². The van der Waals surface area contributed by atoms with Gasteiger partial charge in [0.2, 0.25) is 5.91 Å². The number of hydrogen-bond acceptors (Lipinski definition) is 5. The lowest BCUT2D eigenvalue weighted by atomic mass is 10.2. The van der Waals surface area contributed by atoms with Crippen molar-refractivity contribution in [1.82, 2.24) is 10.3 Å². The first-order chi connectivity index (χ1) is 12.2. The molecule has 1 aromatic carbocycles. The summed E-state index contributed by atoms with van der Waals surface area (Å²) in [5.41, 5.74) is 1.72. The number of benzene rings is 1. The van der Waals surface area contributed by atoms with E-state index < -0.39 is 6.04 Å². The normalized spacial score (nSPS) is 17.2. The van der Waals surface area contributed by atoms with Crippen LogP contribution < -0.4 is 15.0 Å². The van der Waals surface area contributed by atoms with E-state index in [1.54, 1.807) is 36.7 Å². The van der Waals surface area contributed by atoms with Crippen molar-refractivity contribution < 1.29 is 14.3 Å². The van der Waals surface area contributed by atoms with Gasteiger partial charge in [0.25, 0.3) is 5.91 Å². The first-order valence-corrected chi connectivity index (χ1v) is 8.41. The zero-order chi connectivity index (χ0) is 17.6. The number of imide groups is 1.